The molecule has 0 aromatic carbocycles. The van der Waals surface area contributed by atoms with E-state index in [2.05, 4.69) is 11.8 Å². The SMILES string of the molecule is NCCCCCCSCCCCCCN. The molecule has 0 bridgehead atoms. The van der Waals surface area contributed by atoms with Gasteiger partial charge in [0.1, 0.15) is 0 Å². The number of hydrogen-bond acceptors (Lipinski definition) is 3. The second kappa shape index (κ2) is 14.3. The maximum absolute atomic E-state index is 5.43. The molecule has 0 aliphatic heterocycles. The number of rotatable bonds is 12. The zero-order chi connectivity index (χ0) is 11.2. The summed E-state index contributed by atoms with van der Waals surface area (Å²) in [6, 6.07) is 0. The highest BCUT2D eigenvalue weighted by Gasteiger charge is 1.92. The molecule has 0 aliphatic rings. The molecule has 0 saturated carbocycles. The highest BCUT2D eigenvalue weighted by atomic mass is 32.2. The van der Waals surface area contributed by atoms with Gasteiger partial charge in [-0.05, 0) is 50.3 Å². The highest BCUT2D eigenvalue weighted by Crippen LogP contribution is 2.10. The van der Waals surface area contributed by atoms with Crippen LogP contribution in [0.1, 0.15) is 51.4 Å². The van der Waals surface area contributed by atoms with Crippen molar-refractivity contribution in [3.05, 3.63) is 0 Å². The van der Waals surface area contributed by atoms with E-state index in [-0.39, 0.29) is 0 Å². The van der Waals surface area contributed by atoms with Crippen LogP contribution < -0.4 is 11.5 Å². The molecule has 0 spiro atoms. The maximum Gasteiger partial charge on any atom is -0.00675 e. The molecule has 0 atom stereocenters. The summed E-state index contributed by atoms with van der Waals surface area (Å²) in [6.45, 7) is 1.71. The van der Waals surface area contributed by atoms with E-state index in [1.807, 2.05) is 0 Å². The average Bonchev–Trinajstić information content (AvgIpc) is 2.26. The number of unbranched alkanes of at least 4 members (excludes halogenated alkanes) is 6. The smallest absolute Gasteiger partial charge is 0.00675 e. The lowest BCUT2D eigenvalue weighted by molar-refractivity contribution is 0.673. The Balaban J connectivity index is 2.81. The molecule has 3 heteroatoms. The Kier molecular flexibility index (Phi) is 14.5. The standard InChI is InChI=1S/C12H28N2S/c13-9-5-1-3-7-11-15-12-8-4-2-6-10-14/h1-14H2. The van der Waals surface area contributed by atoms with Gasteiger partial charge in [-0.1, -0.05) is 25.7 Å². The molecular formula is C12H28N2S. The first-order chi connectivity index (χ1) is 7.41. The Labute approximate surface area is 99.6 Å². The van der Waals surface area contributed by atoms with Crippen molar-refractivity contribution in [3.8, 4) is 0 Å². The van der Waals surface area contributed by atoms with E-state index in [0.717, 1.165) is 13.1 Å². The van der Waals surface area contributed by atoms with Crippen LogP contribution in [-0.2, 0) is 0 Å². The fourth-order valence-electron chi connectivity index (χ4n) is 1.51. The van der Waals surface area contributed by atoms with Crippen molar-refractivity contribution in [2.45, 2.75) is 51.4 Å². The van der Waals surface area contributed by atoms with Crippen molar-refractivity contribution in [1.29, 1.82) is 0 Å². The Hall–Kier alpha value is 0.270. The summed E-state index contributed by atoms with van der Waals surface area (Å²) in [4.78, 5) is 0. The Morgan fingerprint density at radius 3 is 1.33 bits per heavy atom. The third kappa shape index (κ3) is 14.3. The van der Waals surface area contributed by atoms with Gasteiger partial charge in [0.25, 0.3) is 0 Å². The Bertz CT molecular complexity index is 97.8. The molecule has 0 aromatic heterocycles. The van der Waals surface area contributed by atoms with Gasteiger partial charge in [0.2, 0.25) is 0 Å². The monoisotopic (exact) mass is 232 g/mol. The number of nitrogens with two attached hydrogens (primary N) is 2. The van der Waals surface area contributed by atoms with Gasteiger partial charge in [0, 0.05) is 0 Å². The van der Waals surface area contributed by atoms with E-state index in [0.29, 0.717) is 0 Å². The normalized spacial score (nSPS) is 10.8. The van der Waals surface area contributed by atoms with Crippen molar-refractivity contribution in [2.75, 3.05) is 24.6 Å². The van der Waals surface area contributed by atoms with Gasteiger partial charge < -0.3 is 11.5 Å². The minimum Gasteiger partial charge on any atom is -0.330 e. The number of thioether (sulfide) groups is 1. The molecule has 0 radical (unpaired) electrons. The lowest BCUT2D eigenvalue weighted by atomic mass is 10.2. The molecule has 92 valence electrons. The zero-order valence-electron chi connectivity index (χ0n) is 10.0. The van der Waals surface area contributed by atoms with E-state index >= 15 is 0 Å². The predicted molar refractivity (Wildman–Crippen MR) is 72.4 cm³/mol. The van der Waals surface area contributed by atoms with Crippen molar-refractivity contribution >= 4 is 11.8 Å². The minimum atomic E-state index is 0.855. The quantitative estimate of drug-likeness (QED) is 0.509. The second-order valence-electron chi connectivity index (χ2n) is 4.02. The molecular weight excluding hydrogens is 204 g/mol. The van der Waals surface area contributed by atoms with E-state index in [1.165, 1.54) is 62.9 Å². The first-order valence-electron chi connectivity index (χ1n) is 6.39. The fraction of sp³-hybridized carbons (Fsp3) is 1.00. The van der Waals surface area contributed by atoms with Gasteiger partial charge in [-0.3, -0.25) is 0 Å². The minimum absolute atomic E-state index is 0.855. The first-order valence-corrected chi connectivity index (χ1v) is 7.55. The van der Waals surface area contributed by atoms with Crippen molar-refractivity contribution in [1.82, 2.24) is 0 Å². The van der Waals surface area contributed by atoms with Gasteiger partial charge in [0.15, 0.2) is 0 Å². The van der Waals surface area contributed by atoms with Crippen LogP contribution in [0, 0.1) is 0 Å². The van der Waals surface area contributed by atoms with Gasteiger partial charge in [-0.2, -0.15) is 11.8 Å². The molecule has 4 N–H and O–H groups in total. The van der Waals surface area contributed by atoms with Gasteiger partial charge >= 0.3 is 0 Å². The van der Waals surface area contributed by atoms with E-state index in [4.69, 9.17) is 11.5 Å². The summed E-state index contributed by atoms with van der Waals surface area (Å²) in [6.07, 6.45) is 10.5. The van der Waals surface area contributed by atoms with Crippen molar-refractivity contribution < 1.29 is 0 Å². The summed E-state index contributed by atoms with van der Waals surface area (Å²) in [5.74, 6) is 2.67. The number of hydrogen-bond donors (Lipinski definition) is 2. The van der Waals surface area contributed by atoms with Crippen LogP contribution in [-0.4, -0.2) is 24.6 Å². The van der Waals surface area contributed by atoms with Crippen LogP contribution in [0.4, 0.5) is 0 Å². The molecule has 0 unspecified atom stereocenters. The maximum atomic E-state index is 5.43. The molecule has 0 aliphatic carbocycles. The van der Waals surface area contributed by atoms with Crippen LogP contribution >= 0.6 is 11.8 Å². The van der Waals surface area contributed by atoms with E-state index in [1.54, 1.807) is 0 Å². The summed E-state index contributed by atoms with van der Waals surface area (Å²) in [7, 11) is 0. The van der Waals surface area contributed by atoms with Gasteiger partial charge in [0.05, 0.1) is 0 Å². The molecule has 15 heavy (non-hydrogen) atoms. The third-order valence-corrected chi connectivity index (χ3v) is 3.64. The van der Waals surface area contributed by atoms with Gasteiger partial charge in [-0.15, -0.1) is 0 Å². The van der Waals surface area contributed by atoms with Crippen LogP contribution in [0.2, 0.25) is 0 Å². The fourth-order valence-corrected chi connectivity index (χ4v) is 2.53. The summed E-state index contributed by atoms with van der Waals surface area (Å²) in [5.41, 5.74) is 10.9. The van der Waals surface area contributed by atoms with E-state index in [9.17, 15) is 0 Å². The van der Waals surface area contributed by atoms with Crippen molar-refractivity contribution in [2.24, 2.45) is 11.5 Å². The first kappa shape index (κ1) is 15.3. The molecule has 0 amide bonds. The second-order valence-corrected chi connectivity index (χ2v) is 5.24. The third-order valence-electron chi connectivity index (χ3n) is 2.49. The van der Waals surface area contributed by atoms with Gasteiger partial charge in [-0.25, -0.2) is 0 Å². The highest BCUT2D eigenvalue weighted by molar-refractivity contribution is 7.99. The molecule has 0 aromatic rings. The van der Waals surface area contributed by atoms with E-state index < -0.39 is 0 Å². The summed E-state index contributed by atoms with van der Waals surface area (Å²) < 4.78 is 0. The largest absolute Gasteiger partial charge is 0.330 e. The molecule has 0 fully saturated rings. The topological polar surface area (TPSA) is 52.0 Å². The molecule has 0 rings (SSSR count). The van der Waals surface area contributed by atoms with Crippen LogP contribution in [0.3, 0.4) is 0 Å². The van der Waals surface area contributed by atoms with Crippen LogP contribution in [0.5, 0.6) is 0 Å². The summed E-state index contributed by atoms with van der Waals surface area (Å²) >= 11 is 2.11. The summed E-state index contributed by atoms with van der Waals surface area (Å²) in [5, 5.41) is 0. The molecule has 0 saturated heterocycles. The van der Waals surface area contributed by atoms with Crippen molar-refractivity contribution in [3.63, 3.8) is 0 Å². The molecule has 2 nitrogen and oxygen atoms in total. The average molecular weight is 232 g/mol. The zero-order valence-corrected chi connectivity index (χ0v) is 10.9. The molecule has 0 heterocycles. The lowest BCUT2D eigenvalue weighted by Crippen LogP contribution is -1.98. The van der Waals surface area contributed by atoms with Crippen LogP contribution in [0.15, 0.2) is 0 Å². The lowest BCUT2D eigenvalue weighted by Gasteiger charge is -2.02. The predicted octanol–water partition coefficient (Wildman–Crippen LogP) is 2.76. The Morgan fingerprint density at radius 1 is 0.533 bits per heavy atom. The van der Waals surface area contributed by atoms with Crippen LogP contribution in [0.25, 0.3) is 0 Å². The Morgan fingerprint density at radius 2 is 0.933 bits per heavy atom.